The number of phenols is 1. The minimum atomic E-state index is -0.909. The standard InChI is InChI=1S/C29H41NO4/c1-25(2,3)26(4,32)20-15-27-10-11-29(20,33-5)24-28(27)12-13-30(16-17-6-7-17)21(27)14-18-8-9-19(31)23(34-24)22(18)28/h8-9,17,20-21,24,31-32H,6-7,10-16H2,1-5H3/t20?,21-,24?,26+,27?,28?,29+/m1/s1. The number of methoxy groups -OCH3 is 1. The van der Waals surface area contributed by atoms with Gasteiger partial charge in [0.1, 0.15) is 11.7 Å². The topological polar surface area (TPSA) is 62.2 Å². The molecule has 0 amide bonds. The van der Waals surface area contributed by atoms with Gasteiger partial charge in [-0.25, -0.2) is 0 Å². The SMILES string of the molecule is CO[C@@]12CCC3(CC1[C@](C)(O)C(C)(C)C)[C@H]1Cc4ccc(O)c5c4C3(CCN1CC1CC1)C2O5. The molecule has 186 valence electrons. The molecule has 5 aliphatic carbocycles. The molecule has 1 saturated heterocycles. The maximum atomic E-state index is 12.2. The second kappa shape index (κ2) is 6.33. The highest BCUT2D eigenvalue weighted by atomic mass is 16.6. The fourth-order valence-electron chi connectivity index (χ4n) is 9.58. The van der Waals surface area contributed by atoms with Crippen molar-refractivity contribution in [3.63, 3.8) is 0 Å². The number of benzene rings is 1. The lowest BCUT2D eigenvalue weighted by Crippen LogP contribution is -2.83. The summed E-state index contributed by atoms with van der Waals surface area (Å²) in [6.45, 7) is 10.8. The Bertz CT molecular complexity index is 1060. The first-order valence-electron chi connectivity index (χ1n) is 13.6. The first kappa shape index (κ1) is 21.9. The number of hydrogen-bond donors (Lipinski definition) is 2. The van der Waals surface area contributed by atoms with E-state index in [1.165, 1.54) is 30.5 Å². The Balaban J connectivity index is 1.47. The average Bonchev–Trinajstić information content (AvgIpc) is 3.53. The Kier molecular flexibility index (Phi) is 4.08. The molecule has 4 bridgehead atoms. The van der Waals surface area contributed by atoms with Crippen molar-refractivity contribution in [3.8, 4) is 11.5 Å². The third-order valence-corrected chi connectivity index (χ3v) is 11.9. The van der Waals surface area contributed by atoms with E-state index in [0.717, 1.165) is 44.6 Å². The maximum absolute atomic E-state index is 12.2. The number of ether oxygens (including phenoxy) is 2. The van der Waals surface area contributed by atoms with E-state index in [0.29, 0.717) is 11.8 Å². The zero-order chi connectivity index (χ0) is 23.9. The molecule has 1 aromatic carbocycles. The summed E-state index contributed by atoms with van der Waals surface area (Å²) in [5.41, 5.74) is 0.783. The largest absolute Gasteiger partial charge is 0.504 e. The van der Waals surface area contributed by atoms with E-state index >= 15 is 0 Å². The molecular formula is C29H41NO4. The molecule has 2 N–H and O–H groups in total. The molecular weight excluding hydrogens is 426 g/mol. The predicted molar refractivity (Wildman–Crippen MR) is 130 cm³/mol. The average molecular weight is 468 g/mol. The number of nitrogens with zero attached hydrogens (tertiary/aromatic N) is 1. The smallest absolute Gasteiger partial charge is 0.165 e. The lowest BCUT2D eigenvalue weighted by Gasteiger charge is -2.75. The minimum absolute atomic E-state index is 0.0294. The molecule has 4 saturated carbocycles. The number of hydrogen-bond acceptors (Lipinski definition) is 5. The van der Waals surface area contributed by atoms with Gasteiger partial charge < -0.3 is 19.7 Å². The quantitative estimate of drug-likeness (QED) is 0.687. The molecule has 4 unspecified atom stereocenters. The van der Waals surface area contributed by atoms with Crippen LogP contribution >= 0.6 is 0 Å². The van der Waals surface area contributed by atoms with Gasteiger partial charge in [0.05, 0.1) is 5.60 Å². The van der Waals surface area contributed by atoms with Gasteiger partial charge in [0.2, 0.25) is 0 Å². The van der Waals surface area contributed by atoms with E-state index < -0.39 is 11.2 Å². The van der Waals surface area contributed by atoms with Crippen LogP contribution in [0.1, 0.15) is 77.3 Å². The Morgan fingerprint density at radius 1 is 1.15 bits per heavy atom. The second-order valence-corrected chi connectivity index (χ2v) is 13.8. The van der Waals surface area contributed by atoms with Crippen LogP contribution < -0.4 is 4.74 Å². The normalized spacial score (nSPS) is 43.9. The predicted octanol–water partition coefficient (Wildman–Crippen LogP) is 4.41. The van der Waals surface area contributed by atoms with E-state index in [1.54, 1.807) is 0 Å². The highest BCUT2D eigenvalue weighted by Crippen LogP contribution is 2.78. The summed E-state index contributed by atoms with van der Waals surface area (Å²) in [5.74, 6) is 1.80. The second-order valence-electron chi connectivity index (χ2n) is 13.8. The molecule has 1 aromatic rings. The fraction of sp³-hybridized carbons (Fsp3) is 0.793. The van der Waals surface area contributed by atoms with Crippen molar-refractivity contribution in [2.45, 2.75) is 101 Å². The summed E-state index contributed by atoms with van der Waals surface area (Å²) in [7, 11) is 1.83. The van der Waals surface area contributed by atoms with Crippen molar-refractivity contribution >= 4 is 0 Å². The number of likely N-dealkylation sites (tertiary alicyclic amines) is 1. The number of rotatable bonds is 4. The van der Waals surface area contributed by atoms with E-state index in [4.69, 9.17) is 9.47 Å². The van der Waals surface area contributed by atoms with Gasteiger partial charge in [-0.05, 0) is 81.4 Å². The molecule has 5 fully saturated rings. The van der Waals surface area contributed by atoms with Crippen LogP contribution in [0.2, 0.25) is 0 Å². The number of fused-ring (bicyclic) bond motifs is 2. The summed E-state index contributed by atoms with van der Waals surface area (Å²) in [6.07, 6.45) is 7.64. The van der Waals surface area contributed by atoms with Gasteiger partial charge in [0, 0.05) is 42.0 Å². The van der Waals surface area contributed by atoms with Gasteiger partial charge in [-0.3, -0.25) is 4.90 Å². The fourth-order valence-corrected chi connectivity index (χ4v) is 9.58. The zero-order valence-corrected chi connectivity index (χ0v) is 21.5. The van der Waals surface area contributed by atoms with Crippen molar-refractivity contribution < 1.29 is 19.7 Å². The Morgan fingerprint density at radius 3 is 2.59 bits per heavy atom. The molecule has 7 aliphatic rings. The van der Waals surface area contributed by atoms with Crippen LogP contribution in [0.15, 0.2) is 12.1 Å². The van der Waals surface area contributed by atoms with Crippen molar-refractivity contribution in [2.24, 2.45) is 22.7 Å². The summed E-state index contributed by atoms with van der Waals surface area (Å²) in [4.78, 5) is 2.82. The monoisotopic (exact) mass is 467 g/mol. The molecule has 0 aromatic heterocycles. The van der Waals surface area contributed by atoms with Gasteiger partial charge in [0.15, 0.2) is 11.5 Å². The lowest BCUT2D eigenvalue weighted by molar-refractivity contribution is -0.312. The highest BCUT2D eigenvalue weighted by Gasteiger charge is 2.82. The van der Waals surface area contributed by atoms with Gasteiger partial charge in [-0.15, -0.1) is 0 Å². The van der Waals surface area contributed by atoms with Gasteiger partial charge >= 0.3 is 0 Å². The summed E-state index contributed by atoms with van der Waals surface area (Å²) in [6, 6.07) is 4.46. The van der Waals surface area contributed by atoms with Crippen molar-refractivity contribution in [3.05, 3.63) is 23.3 Å². The van der Waals surface area contributed by atoms with E-state index in [2.05, 4.69) is 31.7 Å². The minimum Gasteiger partial charge on any atom is -0.504 e. The van der Waals surface area contributed by atoms with E-state index in [1.807, 2.05) is 20.1 Å². The highest BCUT2D eigenvalue weighted by molar-refractivity contribution is 5.63. The number of piperidine rings is 1. The third-order valence-electron chi connectivity index (χ3n) is 11.9. The van der Waals surface area contributed by atoms with E-state index in [9.17, 15) is 10.2 Å². The van der Waals surface area contributed by atoms with Crippen molar-refractivity contribution in [1.82, 2.24) is 4.90 Å². The Morgan fingerprint density at radius 2 is 1.91 bits per heavy atom. The molecule has 5 heteroatoms. The Labute approximate surface area is 203 Å². The van der Waals surface area contributed by atoms with Gasteiger partial charge in [-0.2, -0.15) is 0 Å². The molecule has 2 heterocycles. The van der Waals surface area contributed by atoms with Crippen LogP contribution in [0, 0.1) is 22.7 Å². The maximum Gasteiger partial charge on any atom is 0.165 e. The van der Waals surface area contributed by atoms with Crippen molar-refractivity contribution in [1.29, 1.82) is 0 Å². The zero-order valence-electron chi connectivity index (χ0n) is 21.5. The molecule has 7 atom stereocenters. The van der Waals surface area contributed by atoms with Crippen LogP contribution in [-0.2, 0) is 16.6 Å². The van der Waals surface area contributed by atoms with Gasteiger partial charge in [-0.1, -0.05) is 26.8 Å². The van der Waals surface area contributed by atoms with Gasteiger partial charge in [0.25, 0.3) is 0 Å². The molecule has 0 radical (unpaired) electrons. The summed E-state index contributed by atoms with van der Waals surface area (Å²) in [5, 5.41) is 23.2. The summed E-state index contributed by atoms with van der Waals surface area (Å²) >= 11 is 0. The lowest BCUT2D eigenvalue weighted by atomic mass is 9.33. The van der Waals surface area contributed by atoms with Crippen LogP contribution in [0.4, 0.5) is 0 Å². The molecule has 2 aliphatic heterocycles. The summed E-state index contributed by atoms with van der Waals surface area (Å²) < 4.78 is 13.5. The third kappa shape index (κ3) is 2.25. The first-order chi connectivity index (χ1) is 16.0. The molecule has 2 spiro atoms. The first-order valence-corrected chi connectivity index (χ1v) is 13.6. The molecule has 5 nitrogen and oxygen atoms in total. The van der Waals surface area contributed by atoms with Crippen LogP contribution in [-0.4, -0.2) is 58.7 Å². The van der Waals surface area contributed by atoms with Crippen LogP contribution in [0.3, 0.4) is 0 Å². The number of phenolic OH excluding ortho intramolecular Hbond substituents is 1. The number of aromatic hydroxyl groups is 1. The van der Waals surface area contributed by atoms with Crippen molar-refractivity contribution in [2.75, 3.05) is 20.2 Å². The van der Waals surface area contributed by atoms with Crippen LogP contribution in [0.25, 0.3) is 0 Å². The molecule has 8 rings (SSSR count). The van der Waals surface area contributed by atoms with Crippen LogP contribution in [0.5, 0.6) is 11.5 Å². The number of aliphatic hydroxyl groups is 1. The molecule has 34 heavy (non-hydrogen) atoms. The Hall–Kier alpha value is -1.30. The van der Waals surface area contributed by atoms with E-state index in [-0.39, 0.29) is 34.0 Å².